The monoisotopic (exact) mass is 388 g/mol. The van der Waals surface area contributed by atoms with Gasteiger partial charge in [0.1, 0.15) is 0 Å². The lowest BCUT2D eigenvalue weighted by Gasteiger charge is -2.34. The fourth-order valence-electron chi connectivity index (χ4n) is 4.80. The number of rotatable bonds is 1. The molecule has 1 fully saturated rings. The van der Waals surface area contributed by atoms with Crippen molar-refractivity contribution >= 4 is 12.9 Å². The van der Waals surface area contributed by atoms with Gasteiger partial charge in [-0.15, -0.1) is 0 Å². The van der Waals surface area contributed by atoms with Gasteiger partial charge in [0, 0.05) is 6.42 Å². The molecule has 158 valence electrons. The van der Waals surface area contributed by atoms with Crippen LogP contribution in [-0.2, 0) is 14.1 Å². The predicted molar refractivity (Wildman–Crippen MR) is 118 cm³/mol. The lowest BCUT2D eigenvalue weighted by molar-refractivity contribution is -0.117. The topological polar surface area (TPSA) is 35.5 Å². The fourth-order valence-corrected chi connectivity index (χ4v) is 4.80. The van der Waals surface area contributed by atoms with Gasteiger partial charge < -0.3 is 9.31 Å². The van der Waals surface area contributed by atoms with Gasteiger partial charge in [-0.3, -0.25) is 4.79 Å². The Morgan fingerprint density at radius 3 is 1.86 bits per heavy atom. The van der Waals surface area contributed by atoms with Gasteiger partial charge in [-0.05, 0) is 82.2 Å². The van der Waals surface area contributed by atoms with Gasteiger partial charge in [0.2, 0.25) is 0 Å². The summed E-state index contributed by atoms with van der Waals surface area (Å²) in [6.07, 6.45) is 8.23. The van der Waals surface area contributed by atoms with Crippen molar-refractivity contribution in [2.24, 2.45) is 16.7 Å². The van der Waals surface area contributed by atoms with Crippen LogP contribution in [0.5, 0.6) is 0 Å². The van der Waals surface area contributed by atoms with Gasteiger partial charge in [0.05, 0.1) is 11.2 Å². The summed E-state index contributed by atoms with van der Waals surface area (Å²) in [5, 5.41) is 0. The van der Waals surface area contributed by atoms with Gasteiger partial charge in [-0.25, -0.2) is 0 Å². The molecule has 2 aliphatic carbocycles. The maximum absolute atomic E-state index is 11.0. The van der Waals surface area contributed by atoms with Gasteiger partial charge in [-0.1, -0.05) is 46.3 Å². The third-order valence-electron chi connectivity index (χ3n) is 6.43. The van der Waals surface area contributed by atoms with Crippen LogP contribution in [0.25, 0.3) is 0 Å². The van der Waals surface area contributed by atoms with E-state index in [1.165, 1.54) is 17.5 Å². The Hall–Kier alpha value is -0.865. The first-order chi connectivity index (χ1) is 12.5. The van der Waals surface area contributed by atoms with Crippen LogP contribution < -0.4 is 0 Å². The van der Waals surface area contributed by atoms with E-state index in [0.717, 1.165) is 12.8 Å². The normalized spacial score (nSPS) is 30.1. The Balaban J connectivity index is 0.000000237. The second kappa shape index (κ2) is 7.76. The minimum absolute atomic E-state index is 0.156. The van der Waals surface area contributed by atoms with Gasteiger partial charge in [-0.2, -0.15) is 0 Å². The van der Waals surface area contributed by atoms with Crippen LogP contribution >= 0.6 is 0 Å². The number of hydrogen-bond donors (Lipinski definition) is 0. The molecule has 0 saturated carbocycles. The maximum atomic E-state index is 11.0. The highest BCUT2D eigenvalue weighted by Gasteiger charge is 2.53. The minimum atomic E-state index is -0.233. The van der Waals surface area contributed by atoms with E-state index in [9.17, 15) is 4.79 Å². The summed E-state index contributed by atoms with van der Waals surface area (Å²) in [5.74, 6) is 0.900. The molecular formula is C24H41BO3. The van der Waals surface area contributed by atoms with Crippen molar-refractivity contribution in [1.82, 2.24) is 0 Å². The average Bonchev–Trinajstić information content (AvgIpc) is 2.63. The van der Waals surface area contributed by atoms with Crippen molar-refractivity contribution in [3.8, 4) is 0 Å². The summed E-state index contributed by atoms with van der Waals surface area (Å²) in [5.41, 5.74) is 2.65. The second-order valence-corrected chi connectivity index (χ2v) is 11.8. The Kier molecular flexibility index (Phi) is 6.49. The molecule has 3 aliphatic rings. The number of ketones is 1. The molecule has 0 aromatic rings. The summed E-state index contributed by atoms with van der Waals surface area (Å²) >= 11 is 0. The van der Waals surface area contributed by atoms with E-state index in [1.54, 1.807) is 6.08 Å². The third kappa shape index (κ3) is 5.82. The number of carbonyl (C=O) groups is 1. The van der Waals surface area contributed by atoms with Crippen molar-refractivity contribution < 1.29 is 14.1 Å². The summed E-state index contributed by atoms with van der Waals surface area (Å²) in [6, 6.07) is 0. The SMILES string of the molecule is CC1=CC(=O)CC(C)(C)C1.C[C@H]1C=C(B2OC(C)(C)C(C)(C)O2)CC(C)(C)C1. The van der Waals surface area contributed by atoms with Gasteiger partial charge in [0.25, 0.3) is 0 Å². The Labute approximate surface area is 173 Å². The number of hydrogen-bond acceptors (Lipinski definition) is 3. The van der Waals surface area contributed by atoms with E-state index in [2.05, 4.69) is 68.4 Å². The zero-order valence-electron chi connectivity index (χ0n) is 19.9. The fraction of sp³-hybridized carbons (Fsp3) is 0.792. The van der Waals surface area contributed by atoms with Crippen molar-refractivity contribution in [2.75, 3.05) is 0 Å². The van der Waals surface area contributed by atoms with E-state index in [0.29, 0.717) is 17.8 Å². The van der Waals surface area contributed by atoms with Gasteiger partial charge in [0.15, 0.2) is 5.78 Å². The van der Waals surface area contributed by atoms with Crippen LogP contribution in [0.3, 0.4) is 0 Å². The molecular weight excluding hydrogens is 347 g/mol. The molecule has 3 rings (SSSR count). The summed E-state index contributed by atoms with van der Waals surface area (Å²) in [7, 11) is -0.156. The van der Waals surface area contributed by atoms with E-state index < -0.39 is 0 Å². The van der Waals surface area contributed by atoms with E-state index in [1.807, 2.05) is 6.92 Å². The molecule has 0 aromatic heterocycles. The highest BCUT2D eigenvalue weighted by molar-refractivity contribution is 6.54. The summed E-state index contributed by atoms with van der Waals surface area (Å²) in [4.78, 5) is 11.0. The van der Waals surface area contributed by atoms with Crippen LogP contribution in [-0.4, -0.2) is 24.1 Å². The molecule has 0 aromatic carbocycles. The number of allylic oxidation sites excluding steroid dienone is 4. The smallest absolute Gasteiger partial charge is 0.400 e. The molecule has 1 saturated heterocycles. The maximum Gasteiger partial charge on any atom is 0.490 e. The molecule has 1 aliphatic heterocycles. The predicted octanol–water partition coefficient (Wildman–Crippen LogP) is 6.32. The van der Waals surface area contributed by atoms with Gasteiger partial charge >= 0.3 is 7.12 Å². The summed E-state index contributed by atoms with van der Waals surface area (Å²) in [6.45, 7) is 21.7. The van der Waals surface area contributed by atoms with Crippen molar-refractivity contribution in [1.29, 1.82) is 0 Å². The zero-order valence-corrected chi connectivity index (χ0v) is 19.9. The first-order valence-electron chi connectivity index (χ1n) is 10.8. The molecule has 3 nitrogen and oxygen atoms in total. The van der Waals surface area contributed by atoms with Crippen LogP contribution in [0, 0.1) is 16.7 Å². The molecule has 1 heterocycles. The zero-order chi connectivity index (χ0) is 21.5. The Morgan fingerprint density at radius 2 is 1.43 bits per heavy atom. The minimum Gasteiger partial charge on any atom is -0.400 e. The van der Waals surface area contributed by atoms with E-state index in [-0.39, 0.29) is 29.5 Å². The molecule has 0 bridgehead atoms. The molecule has 1 atom stereocenters. The molecule has 0 N–H and O–H groups in total. The first-order valence-corrected chi connectivity index (χ1v) is 10.8. The highest BCUT2D eigenvalue weighted by Crippen LogP contribution is 2.44. The molecule has 4 heteroatoms. The molecule has 0 unspecified atom stereocenters. The lowest BCUT2D eigenvalue weighted by atomic mass is 9.63. The molecule has 0 radical (unpaired) electrons. The van der Waals surface area contributed by atoms with E-state index >= 15 is 0 Å². The van der Waals surface area contributed by atoms with Crippen LogP contribution in [0.2, 0.25) is 0 Å². The second-order valence-electron chi connectivity index (χ2n) is 11.8. The number of carbonyl (C=O) groups excluding carboxylic acids is 1. The van der Waals surface area contributed by atoms with Crippen LogP contribution in [0.1, 0.15) is 94.9 Å². The Bertz CT molecular complexity index is 651. The van der Waals surface area contributed by atoms with E-state index in [4.69, 9.17) is 9.31 Å². The largest absolute Gasteiger partial charge is 0.490 e. The average molecular weight is 388 g/mol. The van der Waals surface area contributed by atoms with Crippen molar-refractivity contribution in [3.05, 3.63) is 23.2 Å². The van der Waals surface area contributed by atoms with Crippen molar-refractivity contribution in [2.45, 2.75) is 106 Å². The third-order valence-corrected chi connectivity index (χ3v) is 6.43. The highest BCUT2D eigenvalue weighted by atomic mass is 16.7. The van der Waals surface area contributed by atoms with Crippen molar-refractivity contribution in [3.63, 3.8) is 0 Å². The quantitative estimate of drug-likeness (QED) is 0.493. The lowest BCUT2D eigenvalue weighted by Crippen LogP contribution is -2.41. The summed E-state index contributed by atoms with van der Waals surface area (Å²) < 4.78 is 12.3. The molecule has 0 amide bonds. The molecule has 28 heavy (non-hydrogen) atoms. The van der Waals surface area contributed by atoms with Crippen LogP contribution in [0.4, 0.5) is 0 Å². The standard InChI is InChI=1S/C15H27BO2.C9H14O/c1-11-8-12(10-13(2,3)9-11)16-17-14(4,5)15(6,7)18-16;1-7-4-8(10)6-9(2,3)5-7/h8,11H,9-10H2,1-7H3;4H,5-6H2,1-3H3/t11-;/m0./s1. The molecule has 0 spiro atoms. The Morgan fingerprint density at radius 1 is 0.893 bits per heavy atom. The van der Waals surface area contributed by atoms with Crippen LogP contribution in [0.15, 0.2) is 23.2 Å². The first kappa shape index (κ1) is 23.4.